The number of aliphatic carboxylic acids is 1. The average Bonchev–Trinajstić information content (AvgIpc) is 2.94. The summed E-state index contributed by atoms with van der Waals surface area (Å²) in [6, 6.07) is -10.6. The molecule has 0 saturated heterocycles. The highest BCUT2D eigenvalue weighted by Crippen LogP contribution is 2.02. The largest absolute Gasteiger partial charge is 0.480 e. The van der Waals surface area contributed by atoms with Gasteiger partial charge in [0.05, 0.1) is 25.2 Å². The van der Waals surface area contributed by atoms with Crippen LogP contribution >= 0.6 is 12.6 Å². The fraction of sp³-hybridized carbons (Fsp3) is 0.667. The monoisotopic (exact) mass is 666 g/mol. The lowest BCUT2D eigenvalue weighted by Gasteiger charge is -2.27. The third-order valence-electron chi connectivity index (χ3n) is 5.99. The molecule has 256 valence electrons. The molecule has 0 aliphatic carbocycles. The number of carbonyl (C=O) groups is 8. The minimum absolute atomic E-state index is 0.296. The van der Waals surface area contributed by atoms with E-state index in [-0.39, 0.29) is 5.75 Å². The number of nitrogens with one attached hydrogen (secondary N) is 6. The van der Waals surface area contributed by atoms with Crippen LogP contribution in [0.3, 0.4) is 0 Å². The highest BCUT2D eigenvalue weighted by Gasteiger charge is 2.35. The summed E-state index contributed by atoms with van der Waals surface area (Å²) in [6.07, 6.45) is -3.87. The van der Waals surface area contributed by atoms with Gasteiger partial charge in [-0.25, -0.2) is 0 Å². The van der Waals surface area contributed by atoms with Crippen LogP contribution in [0, 0.1) is 0 Å². The minimum Gasteiger partial charge on any atom is -0.480 e. The fourth-order valence-corrected chi connectivity index (χ4v) is 3.57. The van der Waals surface area contributed by atoms with E-state index in [2.05, 4.69) is 44.5 Å². The van der Waals surface area contributed by atoms with Gasteiger partial charge in [-0.2, -0.15) is 12.6 Å². The molecule has 0 aliphatic rings. The first-order valence-corrected chi connectivity index (χ1v) is 14.1. The number of carboxylic acid groups (broad SMARTS) is 1. The summed E-state index contributed by atoms with van der Waals surface area (Å²) in [7, 11) is 0. The van der Waals surface area contributed by atoms with E-state index < -0.39 is 115 Å². The lowest BCUT2D eigenvalue weighted by Crippen LogP contribution is -2.62. The van der Waals surface area contributed by atoms with Crippen molar-refractivity contribution in [3.63, 3.8) is 0 Å². The molecule has 45 heavy (non-hydrogen) atoms. The smallest absolute Gasteiger partial charge is 0.325 e. The van der Waals surface area contributed by atoms with E-state index in [0.29, 0.717) is 0 Å². The van der Waals surface area contributed by atoms with Crippen LogP contribution in [0.2, 0.25) is 0 Å². The molecule has 0 aromatic rings. The Morgan fingerprint density at radius 1 is 0.644 bits per heavy atom. The van der Waals surface area contributed by atoms with Crippen molar-refractivity contribution in [2.24, 2.45) is 11.5 Å². The zero-order valence-corrected chi connectivity index (χ0v) is 25.9. The predicted octanol–water partition coefficient (Wildman–Crippen LogP) is -7.09. The number of amides is 7. The Morgan fingerprint density at radius 2 is 1.07 bits per heavy atom. The SMILES string of the molecule is C[C@H](NC(=O)[C@@H](NC(=O)[C@H](C)NC(=O)[C@@H](NC(=O)[C@H](CC(N)=O)NC(=O)[C@H](CS)NC(=O)[C@@H](N)CO)[C@@H](C)O)[C@@H](C)O)C(=O)O. The molecule has 0 heterocycles. The highest BCUT2D eigenvalue weighted by molar-refractivity contribution is 7.80. The van der Waals surface area contributed by atoms with E-state index in [4.69, 9.17) is 21.7 Å². The van der Waals surface area contributed by atoms with Gasteiger partial charge < -0.3 is 63.8 Å². The summed E-state index contributed by atoms with van der Waals surface area (Å²) in [6.45, 7) is 3.83. The normalized spacial score (nSPS) is 16.9. The van der Waals surface area contributed by atoms with Crippen LogP contribution in [0.5, 0.6) is 0 Å². The Hall–Kier alpha value is -4.05. The molecule has 0 aromatic heterocycles. The van der Waals surface area contributed by atoms with E-state index in [1.165, 1.54) is 0 Å². The van der Waals surface area contributed by atoms with Gasteiger partial charge >= 0.3 is 5.97 Å². The lowest BCUT2D eigenvalue weighted by molar-refractivity contribution is -0.142. The summed E-state index contributed by atoms with van der Waals surface area (Å²) in [5.41, 5.74) is 10.6. The van der Waals surface area contributed by atoms with Crippen LogP contribution in [0.15, 0.2) is 0 Å². The van der Waals surface area contributed by atoms with Gasteiger partial charge in [0.25, 0.3) is 0 Å². The molecule has 20 nitrogen and oxygen atoms in total. The summed E-state index contributed by atoms with van der Waals surface area (Å²) in [5.74, 6) is -8.99. The van der Waals surface area contributed by atoms with Gasteiger partial charge in [0, 0.05) is 5.75 Å². The minimum atomic E-state index is -1.77. The van der Waals surface area contributed by atoms with Crippen LogP contribution in [0.25, 0.3) is 0 Å². The fourth-order valence-electron chi connectivity index (χ4n) is 3.31. The number of carboxylic acids is 1. The quantitative estimate of drug-likeness (QED) is 0.0571. The molecular weight excluding hydrogens is 624 g/mol. The van der Waals surface area contributed by atoms with Gasteiger partial charge in [0.2, 0.25) is 41.4 Å². The Bertz CT molecular complexity index is 1110. The molecule has 0 spiro atoms. The Balaban J connectivity index is 5.66. The van der Waals surface area contributed by atoms with E-state index in [0.717, 1.165) is 27.7 Å². The van der Waals surface area contributed by atoms with E-state index in [1.54, 1.807) is 0 Å². The van der Waals surface area contributed by atoms with Crippen LogP contribution in [0.1, 0.15) is 34.1 Å². The summed E-state index contributed by atoms with van der Waals surface area (Å²) in [4.78, 5) is 98.2. The zero-order chi connectivity index (χ0) is 35.2. The van der Waals surface area contributed by atoms with Crippen molar-refractivity contribution in [3.05, 3.63) is 0 Å². The standard InChI is InChI=1S/C24H42N8O12S/c1-8(18(37)31-16(10(3)34)23(42)28-9(2)24(43)44)27-22(41)17(11(4)35)32-20(39)13(5-15(26)36)29-21(40)14(7-45)30-19(38)12(25)6-33/h8-14,16-17,33-35,45H,5-7,25H2,1-4H3,(H2,26,36)(H,27,41)(H,28,42)(H,29,40)(H,30,38)(H,31,37)(H,32,39)(H,43,44)/t8-,9-,10+,11+,12-,13-,14-,16-,17-/m0/s1. The number of primary amides is 1. The highest BCUT2D eigenvalue weighted by atomic mass is 32.1. The van der Waals surface area contributed by atoms with Crippen molar-refractivity contribution >= 4 is 59.9 Å². The number of rotatable bonds is 19. The third-order valence-corrected chi connectivity index (χ3v) is 6.36. The molecule has 0 aromatic carbocycles. The van der Waals surface area contributed by atoms with E-state index in [1.807, 2.05) is 0 Å². The van der Waals surface area contributed by atoms with Crippen molar-refractivity contribution in [2.75, 3.05) is 12.4 Å². The molecule has 0 aliphatic heterocycles. The maximum atomic E-state index is 13.0. The maximum absolute atomic E-state index is 13.0. The van der Waals surface area contributed by atoms with Crippen molar-refractivity contribution in [1.82, 2.24) is 31.9 Å². The molecule has 0 saturated carbocycles. The number of thiol groups is 1. The second kappa shape index (κ2) is 19.4. The van der Waals surface area contributed by atoms with Crippen molar-refractivity contribution in [3.8, 4) is 0 Å². The van der Waals surface area contributed by atoms with E-state index >= 15 is 0 Å². The molecule has 0 radical (unpaired) electrons. The van der Waals surface area contributed by atoms with E-state index in [9.17, 15) is 48.6 Å². The van der Waals surface area contributed by atoms with Gasteiger partial charge in [-0.1, -0.05) is 0 Å². The number of hydrogen-bond acceptors (Lipinski definition) is 13. The topological polar surface area (TPSA) is 342 Å². The molecule has 9 atom stereocenters. The predicted molar refractivity (Wildman–Crippen MR) is 157 cm³/mol. The molecule has 0 unspecified atom stereocenters. The lowest BCUT2D eigenvalue weighted by atomic mass is 10.1. The molecule has 14 N–H and O–H groups in total. The van der Waals surface area contributed by atoms with Gasteiger partial charge in [0.15, 0.2) is 0 Å². The maximum Gasteiger partial charge on any atom is 0.325 e. The Morgan fingerprint density at radius 3 is 1.47 bits per heavy atom. The summed E-state index contributed by atoms with van der Waals surface area (Å²) in [5, 5.41) is 51.0. The number of aliphatic hydroxyl groups excluding tert-OH is 3. The van der Waals surface area contributed by atoms with Crippen LogP contribution < -0.4 is 43.4 Å². The first-order valence-electron chi connectivity index (χ1n) is 13.4. The average molecular weight is 667 g/mol. The van der Waals surface area contributed by atoms with Gasteiger partial charge in [-0.15, -0.1) is 0 Å². The molecule has 0 bridgehead atoms. The first-order chi connectivity index (χ1) is 20.8. The van der Waals surface area contributed by atoms with Crippen molar-refractivity contribution in [2.45, 2.75) is 88.6 Å². The second-order valence-corrected chi connectivity index (χ2v) is 10.4. The van der Waals surface area contributed by atoms with Gasteiger partial charge in [-0.3, -0.25) is 38.4 Å². The van der Waals surface area contributed by atoms with Crippen LogP contribution in [-0.2, 0) is 38.4 Å². The number of hydrogen-bond donors (Lipinski definition) is 13. The molecule has 7 amide bonds. The van der Waals surface area contributed by atoms with Crippen LogP contribution in [-0.4, -0.2) is 135 Å². The molecule has 0 rings (SSSR count). The van der Waals surface area contributed by atoms with Crippen molar-refractivity contribution < 1.29 is 58.8 Å². The summed E-state index contributed by atoms with van der Waals surface area (Å²) < 4.78 is 0. The number of carbonyl (C=O) groups excluding carboxylic acids is 7. The Labute approximate surface area is 263 Å². The third kappa shape index (κ3) is 14.1. The second-order valence-electron chi connectivity index (χ2n) is 10.0. The van der Waals surface area contributed by atoms with Crippen molar-refractivity contribution in [1.29, 1.82) is 0 Å². The van der Waals surface area contributed by atoms with Gasteiger partial charge in [0.1, 0.15) is 42.3 Å². The molecular formula is C24H42N8O12S. The molecule has 21 heteroatoms. The molecule has 0 fully saturated rings. The number of nitrogens with two attached hydrogens (primary N) is 2. The van der Waals surface area contributed by atoms with Gasteiger partial charge in [-0.05, 0) is 27.7 Å². The Kier molecular flexibility index (Phi) is 17.6. The van der Waals surface area contributed by atoms with Crippen LogP contribution in [0.4, 0.5) is 0 Å². The number of aliphatic hydroxyl groups is 3. The first kappa shape index (κ1) is 41.0. The summed E-state index contributed by atoms with van der Waals surface area (Å²) >= 11 is 3.94. The zero-order valence-electron chi connectivity index (χ0n) is 25.0.